The van der Waals surface area contributed by atoms with E-state index in [2.05, 4.69) is 5.32 Å². The van der Waals surface area contributed by atoms with Crippen molar-refractivity contribution in [2.75, 3.05) is 6.54 Å². The second-order valence-electron chi connectivity index (χ2n) is 3.66. The fraction of sp³-hybridized carbons (Fsp3) is 1.00. The van der Waals surface area contributed by atoms with Gasteiger partial charge in [-0.3, -0.25) is 0 Å². The van der Waals surface area contributed by atoms with Gasteiger partial charge in [0.15, 0.2) is 0 Å². The van der Waals surface area contributed by atoms with Gasteiger partial charge in [-0.25, -0.2) is 8.78 Å². The minimum atomic E-state index is -2.37. The molecule has 3 unspecified atom stereocenters. The highest BCUT2D eigenvalue weighted by Crippen LogP contribution is 2.35. The van der Waals surface area contributed by atoms with E-state index in [1.807, 2.05) is 13.8 Å². The van der Waals surface area contributed by atoms with Crippen molar-refractivity contribution in [1.29, 1.82) is 0 Å². The van der Waals surface area contributed by atoms with Gasteiger partial charge in [-0.1, -0.05) is 6.92 Å². The number of alkyl halides is 2. The first-order chi connectivity index (χ1) is 6.03. The zero-order valence-electron chi connectivity index (χ0n) is 8.31. The Morgan fingerprint density at radius 3 is 2.46 bits per heavy atom. The quantitative estimate of drug-likeness (QED) is 0.738. The summed E-state index contributed by atoms with van der Waals surface area (Å²) in [6, 6.07) is 0. The van der Waals surface area contributed by atoms with Crippen LogP contribution in [0.4, 0.5) is 8.78 Å². The summed E-state index contributed by atoms with van der Waals surface area (Å²) in [5, 5.41) is 2.86. The lowest BCUT2D eigenvalue weighted by atomic mass is 9.91. The fourth-order valence-corrected chi connectivity index (χ4v) is 2.05. The predicted octanol–water partition coefficient (Wildman–Crippen LogP) is 1.80. The van der Waals surface area contributed by atoms with Crippen LogP contribution in [-0.4, -0.2) is 30.7 Å². The van der Waals surface area contributed by atoms with Crippen molar-refractivity contribution in [3.8, 4) is 0 Å². The van der Waals surface area contributed by atoms with Gasteiger partial charge in [-0.2, -0.15) is 0 Å². The van der Waals surface area contributed by atoms with Crippen LogP contribution in [0.5, 0.6) is 0 Å². The first kappa shape index (κ1) is 10.9. The Morgan fingerprint density at radius 1 is 1.54 bits per heavy atom. The molecule has 1 rings (SSSR count). The first-order valence-corrected chi connectivity index (χ1v) is 4.71. The maximum Gasteiger partial charge on any atom is 0.259 e. The van der Waals surface area contributed by atoms with E-state index in [-0.39, 0.29) is 6.10 Å². The molecule has 2 nitrogen and oxygen atoms in total. The minimum Gasteiger partial charge on any atom is -0.373 e. The van der Waals surface area contributed by atoms with Crippen molar-refractivity contribution >= 4 is 0 Å². The van der Waals surface area contributed by atoms with Crippen LogP contribution in [0.25, 0.3) is 0 Å². The number of hydrogen-bond acceptors (Lipinski definition) is 2. The van der Waals surface area contributed by atoms with Crippen LogP contribution >= 0.6 is 0 Å². The summed E-state index contributed by atoms with van der Waals surface area (Å²) in [5.74, 6) is 0. The number of hydrogen-bond donors (Lipinski definition) is 1. The summed E-state index contributed by atoms with van der Waals surface area (Å²) >= 11 is 0. The molecular weight excluding hydrogens is 176 g/mol. The monoisotopic (exact) mass is 193 g/mol. The van der Waals surface area contributed by atoms with Crippen LogP contribution in [0, 0.1) is 0 Å². The van der Waals surface area contributed by atoms with Gasteiger partial charge in [0.1, 0.15) is 5.54 Å². The van der Waals surface area contributed by atoms with Crippen molar-refractivity contribution < 1.29 is 13.5 Å². The van der Waals surface area contributed by atoms with Crippen molar-refractivity contribution in [3.05, 3.63) is 0 Å². The van der Waals surface area contributed by atoms with Crippen LogP contribution in [0.1, 0.15) is 27.2 Å². The van der Waals surface area contributed by atoms with Gasteiger partial charge < -0.3 is 10.1 Å². The molecule has 0 aromatic heterocycles. The number of halogens is 2. The smallest absolute Gasteiger partial charge is 0.259 e. The third-order valence-corrected chi connectivity index (χ3v) is 2.68. The highest BCUT2D eigenvalue weighted by molar-refractivity contribution is 5.01. The summed E-state index contributed by atoms with van der Waals surface area (Å²) < 4.78 is 31.1. The Labute approximate surface area is 77.6 Å². The molecule has 0 saturated carbocycles. The van der Waals surface area contributed by atoms with Gasteiger partial charge in [0, 0.05) is 0 Å². The molecule has 4 heteroatoms. The van der Waals surface area contributed by atoms with Gasteiger partial charge in [-0.05, 0) is 26.8 Å². The topological polar surface area (TPSA) is 21.3 Å². The van der Waals surface area contributed by atoms with E-state index in [4.69, 9.17) is 4.74 Å². The number of ether oxygens (including phenoxy) is 1. The van der Waals surface area contributed by atoms with E-state index in [9.17, 15) is 8.78 Å². The third-order valence-electron chi connectivity index (χ3n) is 2.68. The average Bonchev–Trinajstić information content (AvgIpc) is 2.28. The number of nitrogens with one attached hydrogen (secondary N) is 1. The van der Waals surface area contributed by atoms with Crippen molar-refractivity contribution in [2.45, 2.75) is 51.4 Å². The summed E-state index contributed by atoms with van der Waals surface area (Å²) in [4.78, 5) is 0. The predicted molar refractivity (Wildman–Crippen MR) is 47.0 cm³/mol. The Morgan fingerprint density at radius 2 is 2.15 bits per heavy atom. The van der Waals surface area contributed by atoms with Crippen LogP contribution in [0.3, 0.4) is 0 Å². The molecule has 0 aromatic carbocycles. The molecule has 0 aromatic rings. The Hall–Kier alpha value is -0.220. The Balaban J connectivity index is 2.77. The van der Waals surface area contributed by atoms with Crippen LogP contribution < -0.4 is 5.32 Å². The van der Waals surface area contributed by atoms with Crippen molar-refractivity contribution in [3.63, 3.8) is 0 Å². The molecule has 0 radical (unpaired) electrons. The van der Waals surface area contributed by atoms with Crippen LogP contribution in [-0.2, 0) is 4.74 Å². The largest absolute Gasteiger partial charge is 0.373 e. The number of rotatable bonds is 3. The van der Waals surface area contributed by atoms with E-state index < -0.39 is 18.1 Å². The SMILES string of the molecule is CCNC1(C(F)F)CC(C)OC1C. The minimum absolute atomic E-state index is 0.0805. The Bertz CT molecular complexity index is 177. The maximum absolute atomic E-state index is 12.9. The molecule has 0 amide bonds. The van der Waals surface area contributed by atoms with E-state index in [1.54, 1.807) is 6.92 Å². The van der Waals surface area contributed by atoms with Gasteiger partial charge in [-0.15, -0.1) is 0 Å². The van der Waals surface area contributed by atoms with Crippen LogP contribution in [0.15, 0.2) is 0 Å². The zero-order chi connectivity index (χ0) is 10.1. The lowest BCUT2D eigenvalue weighted by Gasteiger charge is -2.32. The van der Waals surface area contributed by atoms with Crippen molar-refractivity contribution in [1.82, 2.24) is 5.32 Å². The maximum atomic E-state index is 12.9. The van der Waals surface area contributed by atoms with E-state index in [0.29, 0.717) is 13.0 Å². The third kappa shape index (κ3) is 1.83. The Kier molecular flexibility index (Phi) is 3.24. The summed E-state index contributed by atoms with van der Waals surface area (Å²) in [7, 11) is 0. The lowest BCUT2D eigenvalue weighted by Crippen LogP contribution is -2.56. The van der Waals surface area contributed by atoms with Gasteiger partial charge >= 0.3 is 0 Å². The molecule has 1 aliphatic rings. The second-order valence-corrected chi connectivity index (χ2v) is 3.66. The summed E-state index contributed by atoms with van der Waals surface area (Å²) in [6.07, 6.45) is -2.47. The zero-order valence-corrected chi connectivity index (χ0v) is 8.31. The molecule has 1 aliphatic heterocycles. The van der Waals surface area contributed by atoms with E-state index in [1.165, 1.54) is 0 Å². The molecule has 1 saturated heterocycles. The molecule has 1 fully saturated rings. The summed E-state index contributed by atoms with van der Waals surface area (Å²) in [6.45, 7) is 5.92. The van der Waals surface area contributed by atoms with E-state index in [0.717, 1.165) is 0 Å². The first-order valence-electron chi connectivity index (χ1n) is 4.71. The molecule has 0 bridgehead atoms. The molecular formula is C9H17F2NO. The number of likely N-dealkylation sites (N-methyl/N-ethyl adjacent to an activating group) is 1. The summed E-state index contributed by atoms with van der Waals surface area (Å²) in [5.41, 5.74) is -1.13. The molecule has 1 heterocycles. The van der Waals surface area contributed by atoms with Gasteiger partial charge in [0.25, 0.3) is 6.43 Å². The van der Waals surface area contributed by atoms with Crippen LogP contribution in [0.2, 0.25) is 0 Å². The second kappa shape index (κ2) is 3.88. The van der Waals surface area contributed by atoms with E-state index >= 15 is 0 Å². The molecule has 0 aliphatic carbocycles. The lowest BCUT2D eigenvalue weighted by molar-refractivity contribution is -0.0227. The highest BCUT2D eigenvalue weighted by atomic mass is 19.3. The van der Waals surface area contributed by atoms with Gasteiger partial charge in [0.2, 0.25) is 0 Å². The molecule has 78 valence electrons. The molecule has 13 heavy (non-hydrogen) atoms. The normalized spacial score (nSPS) is 40.2. The molecule has 1 N–H and O–H groups in total. The fourth-order valence-electron chi connectivity index (χ4n) is 2.05. The average molecular weight is 193 g/mol. The van der Waals surface area contributed by atoms with Crippen molar-refractivity contribution in [2.24, 2.45) is 0 Å². The molecule has 3 atom stereocenters. The molecule has 0 spiro atoms. The standard InChI is InChI=1S/C9H17F2NO/c1-4-12-9(8(10)11)5-6(2)13-7(9)3/h6-8,12H,4-5H2,1-3H3. The highest BCUT2D eigenvalue weighted by Gasteiger charge is 2.51. The van der Waals surface area contributed by atoms with Gasteiger partial charge in [0.05, 0.1) is 12.2 Å².